The molecule has 0 bridgehead atoms. The lowest BCUT2D eigenvalue weighted by molar-refractivity contribution is -0.109. The van der Waals surface area contributed by atoms with E-state index < -0.39 is 0 Å². The molecule has 0 atom stereocenters. The first-order chi connectivity index (χ1) is 21.5. The van der Waals surface area contributed by atoms with Gasteiger partial charge in [-0.3, -0.25) is 4.79 Å². The molecule has 3 nitrogen and oxygen atoms in total. The van der Waals surface area contributed by atoms with Crippen molar-refractivity contribution in [1.29, 1.82) is 0 Å². The normalized spacial score (nSPS) is 11.5. The highest BCUT2D eigenvalue weighted by molar-refractivity contribution is 8.13. The van der Waals surface area contributed by atoms with Crippen molar-refractivity contribution in [3.05, 3.63) is 94.7 Å². The summed E-state index contributed by atoms with van der Waals surface area (Å²) in [6.07, 6.45) is 7.03. The van der Waals surface area contributed by atoms with Crippen molar-refractivity contribution in [3.63, 3.8) is 0 Å². The lowest BCUT2D eigenvalue weighted by atomic mass is 10.1. The van der Waals surface area contributed by atoms with Crippen LogP contribution in [-0.4, -0.2) is 22.0 Å². The van der Waals surface area contributed by atoms with Crippen molar-refractivity contribution in [1.82, 2.24) is 4.57 Å². The van der Waals surface area contributed by atoms with Crippen LogP contribution in [0.1, 0.15) is 55.2 Å². The van der Waals surface area contributed by atoms with Gasteiger partial charge in [-0.25, -0.2) is 0 Å². The minimum Gasteiger partial charge on any atom is -0.494 e. The zero-order valence-electron chi connectivity index (χ0n) is 25.7. The van der Waals surface area contributed by atoms with E-state index in [4.69, 9.17) is 4.74 Å². The minimum absolute atomic E-state index is 0.224. The molecular weight excluding hydrogens is 599 g/mol. The number of carbonyl (C=O) groups is 1. The molecule has 0 aliphatic carbocycles. The highest BCUT2D eigenvalue weighted by Gasteiger charge is 2.15. The van der Waals surface area contributed by atoms with Crippen molar-refractivity contribution in [2.24, 2.45) is 0 Å². The Morgan fingerprint density at radius 3 is 1.75 bits per heavy atom. The van der Waals surface area contributed by atoms with E-state index in [1.54, 1.807) is 6.92 Å². The fourth-order valence-electron chi connectivity index (χ4n) is 5.80. The molecule has 0 fully saturated rings. The fourth-order valence-corrected chi connectivity index (χ4v) is 8.16. The molecule has 0 radical (unpaired) electrons. The molecule has 3 aromatic heterocycles. The summed E-state index contributed by atoms with van der Waals surface area (Å²) < 4.78 is 8.50. The van der Waals surface area contributed by atoms with Crippen molar-refractivity contribution < 1.29 is 9.53 Å². The van der Waals surface area contributed by atoms with E-state index in [2.05, 4.69) is 103 Å². The highest BCUT2D eigenvalue weighted by Crippen LogP contribution is 2.39. The molecule has 0 aliphatic heterocycles. The third-order valence-electron chi connectivity index (χ3n) is 8.02. The Bertz CT molecular complexity index is 1780. The van der Waals surface area contributed by atoms with Crippen LogP contribution in [0.5, 0.6) is 5.75 Å². The molecule has 3 heterocycles. The average Bonchev–Trinajstić information content (AvgIpc) is 3.74. The van der Waals surface area contributed by atoms with Crippen molar-refractivity contribution >= 4 is 61.4 Å². The third-order valence-corrected chi connectivity index (χ3v) is 11.0. The van der Waals surface area contributed by atoms with E-state index in [-0.39, 0.29) is 5.12 Å². The molecule has 44 heavy (non-hydrogen) atoms. The summed E-state index contributed by atoms with van der Waals surface area (Å²) in [5.74, 6) is 1.87. The number of fused-ring (bicyclic) bond motifs is 3. The number of thioether (sulfide) groups is 1. The number of hydrogen-bond acceptors (Lipinski definition) is 5. The molecule has 3 aromatic carbocycles. The molecule has 6 rings (SSSR count). The highest BCUT2D eigenvalue weighted by atomic mass is 32.2. The Morgan fingerprint density at radius 2 is 1.23 bits per heavy atom. The van der Waals surface area contributed by atoms with Gasteiger partial charge in [0.1, 0.15) is 5.75 Å². The Labute approximate surface area is 272 Å². The standard InChI is InChI=1S/C38H39NO2S3/c1-26-10-20-37(43-26)29-12-18-35-33(24-29)34-25-30(38-21-11-27(2)44-38)13-19-36(34)39(35)31-14-16-32(17-15-31)41-22-8-6-4-5-7-9-23-42-28(3)40/h10-21,24-25H,4-9,22-23H2,1-3H3. The topological polar surface area (TPSA) is 31.2 Å². The predicted octanol–water partition coefficient (Wildman–Crippen LogP) is 11.9. The van der Waals surface area contributed by atoms with Gasteiger partial charge in [0.25, 0.3) is 0 Å². The SMILES string of the molecule is CC(=O)SCCCCCCCCOc1ccc(-n2c3ccc(-c4ccc(C)s4)cc3c3cc(-c4ccc(C)s4)ccc32)cc1. The lowest BCUT2D eigenvalue weighted by Crippen LogP contribution is -1.98. The van der Waals surface area contributed by atoms with Gasteiger partial charge in [-0.15, -0.1) is 22.7 Å². The Hall–Kier alpha value is -3.32. The Kier molecular flexibility index (Phi) is 9.90. The summed E-state index contributed by atoms with van der Waals surface area (Å²) in [6, 6.07) is 31.2. The van der Waals surface area contributed by atoms with Crippen LogP contribution in [-0.2, 0) is 4.79 Å². The summed E-state index contributed by atoms with van der Waals surface area (Å²) >= 11 is 5.14. The van der Waals surface area contributed by atoms with Gasteiger partial charge in [-0.2, -0.15) is 0 Å². The molecule has 6 aromatic rings. The summed E-state index contributed by atoms with van der Waals surface area (Å²) in [5, 5.41) is 2.77. The van der Waals surface area contributed by atoms with Gasteiger partial charge >= 0.3 is 0 Å². The van der Waals surface area contributed by atoms with Crippen LogP contribution in [0.4, 0.5) is 0 Å². The summed E-state index contributed by atoms with van der Waals surface area (Å²) in [7, 11) is 0. The number of ether oxygens (including phenoxy) is 1. The molecular formula is C38H39NO2S3. The van der Waals surface area contributed by atoms with Crippen molar-refractivity contribution in [2.75, 3.05) is 12.4 Å². The second-order valence-corrected chi connectivity index (χ2v) is 15.3. The van der Waals surface area contributed by atoms with Gasteiger partial charge in [0, 0.05) is 48.6 Å². The maximum atomic E-state index is 11.0. The fraction of sp³-hybridized carbons (Fsp3) is 0.289. The van der Waals surface area contributed by atoms with E-state index in [9.17, 15) is 4.79 Å². The molecule has 6 heteroatoms. The number of rotatable bonds is 13. The van der Waals surface area contributed by atoms with Crippen LogP contribution in [0.2, 0.25) is 0 Å². The smallest absolute Gasteiger partial charge is 0.185 e. The van der Waals surface area contributed by atoms with E-state index >= 15 is 0 Å². The second kappa shape index (κ2) is 14.2. The van der Waals surface area contributed by atoms with Gasteiger partial charge in [0.2, 0.25) is 0 Å². The second-order valence-electron chi connectivity index (χ2n) is 11.4. The molecule has 0 unspecified atom stereocenters. The number of nitrogens with zero attached hydrogens (tertiary/aromatic N) is 1. The van der Waals surface area contributed by atoms with Crippen molar-refractivity contribution in [2.45, 2.75) is 59.3 Å². The molecule has 226 valence electrons. The predicted molar refractivity (Wildman–Crippen MR) is 193 cm³/mol. The van der Waals surface area contributed by atoms with Crippen LogP contribution in [0.25, 0.3) is 48.4 Å². The molecule has 0 saturated carbocycles. The van der Waals surface area contributed by atoms with Gasteiger partial charge in [0.05, 0.1) is 17.6 Å². The minimum atomic E-state index is 0.224. The van der Waals surface area contributed by atoms with Crippen LogP contribution >= 0.6 is 34.4 Å². The van der Waals surface area contributed by atoms with E-state index in [0.717, 1.165) is 36.6 Å². The summed E-state index contributed by atoms with van der Waals surface area (Å²) in [5.41, 5.74) is 6.10. The zero-order chi connectivity index (χ0) is 30.5. The number of unbranched alkanes of at least 4 members (excludes halogenated alkanes) is 5. The van der Waals surface area contributed by atoms with Gasteiger partial charge in [-0.1, -0.05) is 49.6 Å². The number of benzene rings is 3. The third kappa shape index (κ3) is 7.14. The summed E-state index contributed by atoms with van der Waals surface area (Å²) in [6.45, 7) is 6.73. The number of carbonyl (C=O) groups excluding carboxylic acids is 1. The first-order valence-corrected chi connectivity index (χ1v) is 18.2. The maximum Gasteiger partial charge on any atom is 0.185 e. The zero-order valence-corrected chi connectivity index (χ0v) is 28.2. The van der Waals surface area contributed by atoms with Crippen LogP contribution < -0.4 is 4.74 Å². The number of aryl methyl sites for hydroxylation is 2. The van der Waals surface area contributed by atoms with Crippen molar-refractivity contribution in [3.8, 4) is 32.3 Å². The van der Waals surface area contributed by atoms with E-state index in [1.165, 1.54) is 89.9 Å². The number of aromatic nitrogens is 1. The monoisotopic (exact) mass is 637 g/mol. The van der Waals surface area contributed by atoms with E-state index in [1.807, 2.05) is 22.7 Å². The summed E-state index contributed by atoms with van der Waals surface area (Å²) in [4.78, 5) is 16.3. The number of hydrogen-bond donors (Lipinski definition) is 0. The molecule has 0 aliphatic rings. The first-order valence-electron chi connectivity index (χ1n) is 15.5. The Morgan fingerprint density at radius 1 is 0.682 bits per heavy atom. The van der Waals surface area contributed by atoms with Gasteiger partial charge in [-0.05, 0) is 111 Å². The Balaban J connectivity index is 1.19. The van der Waals surface area contributed by atoms with Gasteiger partial charge < -0.3 is 9.30 Å². The lowest BCUT2D eigenvalue weighted by Gasteiger charge is -2.11. The quantitative estimate of drug-likeness (QED) is 0.118. The average molecular weight is 638 g/mol. The largest absolute Gasteiger partial charge is 0.494 e. The molecule has 0 N–H and O–H groups in total. The molecule has 0 amide bonds. The maximum absolute atomic E-state index is 11.0. The van der Waals surface area contributed by atoms with Crippen LogP contribution in [0.15, 0.2) is 84.9 Å². The van der Waals surface area contributed by atoms with Crippen LogP contribution in [0, 0.1) is 13.8 Å². The number of thiophene rings is 2. The van der Waals surface area contributed by atoms with E-state index in [0.29, 0.717) is 0 Å². The van der Waals surface area contributed by atoms with Gasteiger partial charge in [0.15, 0.2) is 5.12 Å². The molecule has 0 spiro atoms. The first kappa shape index (κ1) is 30.7. The van der Waals surface area contributed by atoms with Crippen LogP contribution in [0.3, 0.4) is 0 Å². The molecule has 0 saturated heterocycles.